The molecule has 1 aliphatic rings. The Labute approximate surface area is 115 Å². The highest BCUT2D eigenvalue weighted by Crippen LogP contribution is 2.22. The second kappa shape index (κ2) is 6.13. The van der Waals surface area contributed by atoms with Crippen LogP contribution in [0.15, 0.2) is 0 Å². The fraction of sp³-hybridized carbons (Fsp3) is 0.667. The van der Waals surface area contributed by atoms with E-state index >= 15 is 0 Å². The molecule has 1 aliphatic heterocycles. The van der Waals surface area contributed by atoms with Gasteiger partial charge in [0.1, 0.15) is 5.54 Å². The molecule has 0 aromatic carbocycles. The number of carbonyl (C=O) groups is 2. The molecule has 3 N–H and O–H groups in total. The van der Waals surface area contributed by atoms with Crippen molar-refractivity contribution >= 4 is 11.8 Å². The van der Waals surface area contributed by atoms with Crippen LogP contribution >= 0.6 is 0 Å². The first kappa shape index (κ1) is 16.3. The Morgan fingerprint density at radius 2 is 2.05 bits per heavy atom. The molecule has 20 heavy (non-hydrogen) atoms. The summed E-state index contributed by atoms with van der Waals surface area (Å²) >= 11 is 0. The molecule has 6 nitrogen and oxygen atoms in total. The van der Waals surface area contributed by atoms with Crippen molar-refractivity contribution in [2.24, 2.45) is 5.73 Å². The van der Waals surface area contributed by atoms with E-state index in [-0.39, 0.29) is 0 Å². The highest BCUT2D eigenvalue weighted by atomic mass is 19.3. The molecular formula is C12H17F2N4O2. The number of primary amides is 1. The summed E-state index contributed by atoms with van der Waals surface area (Å²) in [4.78, 5) is 24.1. The van der Waals surface area contributed by atoms with Crippen molar-refractivity contribution in [2.75, 3.05) is 20.1 Å². The third-order valence-corrected chi connectivity index (χ3v) is 3.32. The first-order chi connectivity index (χ1) is 9.21. The number of rotatable bonds is 5. The van der Waals surface area contributed by atoms with Crippen molar-refractivity contribution in [1.82, 2.24) is 10.2 Å². The van der Waals surface area contributed by atoms with Crippen LogP contribution < -0.4 is 11.1 Å². The SMILES string of the molecule is CN1CCC(C#N)(NC(=O)[CH]CC(F)(F)C(N)=O)CC1. The maximum atomic E-state index is 13.0. The number of nitriles is 1. The van der Waals surface area contributed by atoms with E-state index in [2.05, 4.69) is 11.1 Å². The fourth-order valence-electron chi connectivity index (χ4n) is 1.87. The van der Waals surface area contributed by atoms with Crippen molar-refractivity contribution in [3.8, 4) is 6.07 Å². The van der Waals surface area contributed by atoms with Crippen LogP contribution in [0.25, 0.3) is 0 Å². The zero-order chi connectivity index (χ0) is 15.4. The van der Waals surface area contributed by atoms with Crippen LogP contribution in [0, 0.1) is 17.8 Å². The van der Waals surface area contributed by atoms with E-state index in [1.807, 2.05) is 18.0 Å². The molecule has 1 radical (unpaired) electrons. The highest BCUT2D eigenvalue weighted by Gasteiger charge is 2.39. The minimum atomic E-state index is -3.76. The number of hydrogen-bond donors (Lipinski definition) is 2. The van der Waals surface area contributed by atoms with Gasteiger partial charge in [-0.2, -0.15) is 14.0 Å². The van der Waals surface area contributed by atoms with E-state index in [1.54, 1.807) is 0 Å². The third-order valence-electron chi connectivity index (χ3n) is 3.32. The second-order valence-corrected chi connectivity index (χ2v) is 4.96. The number of amides is 2. The number of alkyl halides is 2. The van der Waals surface area contributed by atoms with Gasteiger partial charge in [-0.25, -0.2) is 0 Å². The van der Waals surface area contributed by atoms with Gasteiger partial charge in [0.15, 0.2) is 0 Å². The Hall–Kier alpha value is -1.75. The fourth-order valence-corrected chi connectivity index (χ4v) is 1.87. The lowest BCUT2D eigenvalue weighted by molar-refractivity contribution is -0.142. The van der Waals surface area contributed by atoms with E-state index in [0.29, 0.717) is 32.4 Å². The number of nitrogens with one attached hydrogen (secondary N) is 1. The van der Waals surface area contributed by atoms with Gasteiger partial charge in [-0.1, -0.05) is 0 Å². The Morgan fingerprint density at radius 1 is 1.50 bits per heavy atom. The Kier molecular flexibility index (Phi) is 5.00. The molecule has 0 saturated carbocycles. The zero-order valence-corrected chi connectivity index (χ0v) is 11.2. The summed E-state index contributed by atoms with van der Waals surface area (Å²) in [5, 5.41) is 11.6. The molecule has 0 atom stereocenters. The first-order valence-corrected chi connectivity index (χ1v) is 6.14. The lowest BCUT2D eigenvalue weighted by Crippen LogP contribution is -2.54. The van der Waals surface area contributed by atoms with Gasteiger partial charge >= 0.3 is 5.92 Å². The van der Waals surface area contributed by atoms with Crippen molar-refractivity contribution in [1.29, 1.82) is 5.26 Å². The smallest absolute Gasteiger partial charge is 0.325 e. The first-order valence-electron chi connectivity index (χ1n) is 6.14. The molecule has 0 bridgehead atoms. The predicted molar refractivity (Wildman–Crippen MR) is 66.3 cm³/mol. The molecule has 1 heterocycles. The van der Waals surface area contributed by atoms with E-state index in [9.17, 15) is 23.6 Å². The van der Waals surface area contributed by atoms with Crippen molar-refractivity contribution in [3.63, 3.8) is 0 Å². The number of likely N-dealkylation sites (tertiary alicyclic amines) is 1. The minimum absolute atomic E-state index is 0.422. The number of nitrogens with two attached hydrogens (primary N) is 1. The van der Waals surface area contributed by atoms with E-state index in [0.717, 1.165) is 0 Å². The van der Waals surface area contributed by atoms with Crippen LogP contribution in [0.3, 0.4) is 0 Å². The van der Waals surface area contributed by atoms with E-state index < -0.39 is 29.7 Å². The van der Waals surface area contributed by atoms with Gasteiger partial charge in [-0.05, 0) is 19.9 Å². The van der Waals surface area contributed by atoms with Crippen LogP contribution in [0.5, 0.6) is 0 Å². The summed E-state index contributed by atoms with van der Waals surface area (Å²) in [6.45, 7) is 1.26. The average molecular weight is 287 g/mol. The van der Waals surface area contributed by atoms with Crippen LogP contribution in [0.4, 0.5) is 8.78 Å². The normalized spacial score (nSPS) is 19.1. The van der Waals surface area contributed by atoms with E-state index in [4.69, 9.17) is 0 Å². The van der Waals surface area contributed by atoms with Crippen molar-refractivity contribution in [2.45, 2.75) is 30.7 Å². The second-order valence-electron chi connectivity index (χ2n) is 4.96. The molecule has 1 saturated heterocycles. The topological polar surface area (TPSA) is 99.2 Å². The summed E-state index contributed by atoms with van der Waals surface area (Å²) in [5.74, 6) is -6.34. The largest absolute Gasteiger partial charge is 0.364 e. The van der Waals surface area contributed by atoms with Gasteiger partial charge in [0.2, 0.25) is 5.91 Å². The molecule has 0 spiro atoms. The summed E-state index contributed by atoms with van der Waals surface area (Å²) in [5.41, 5.74) is 3.47. The lowest BCUT2D eigenvalue weighted by Gasteiger charge is -2.36. The van der Waals surface area contributed by atoms with Gasteiger partial charge in [-0.3, -0.25) is 9.59 Å². The Bertz CT molecular complexity index is 426. The van der Waals surface area contributed by atoms with Gasteiger partial charge in [0.05, 0.1) is 12.5 Å². The van der Waals surface area contributed by atoms with Crippen LogP contribution in [0.2, 0.25) is 0 Å². The third kappa shape index (κ3) is 4.13. The monoisotopic (exact) mass is 287 g/mol. The molecule has 1 fully saturated rings. The molecule has 8 heteroatoms. The maximum absolute atomic E-state index is 13.0. The van der Waals surface area contributed by atoms with Gasteiger partial charge in [-0.15, -0.1) is 0 Å². The Morgan fingerprint density at radius 3 is 2.50 bits per heavy atom. The van der Waals surface area contributed by atoms with Crippen LogP contribution in [0.1, 0.15) is 19.3 Å². The van der Waals surface area contributed by atoms with Crippen molar-refractivity contribution in [3.05, 3.63) is 6.42 Å². The molecule has 0 aliphatic carbocycles. The molecule has 0 unspecified atom stereocenters. The van der Waals surface area contributed by atoms with Gasteiger partial charge in [0, 0.05) is 19.5 Å². The number of nitrogens with zero attached hydrogens (tertiary/aromatic N) is 2. The van der Waals surface area contributed by atoms with Crippen molar-refractivity contribution < 1.29 is 18.4 Å². The highest BCUT2D eigenvalue weighted by molar-refractivity contribution is 5.88. The quantitative estimate of drug-likeness (QED) is 0.731. The number of carbonyl (C=O) groups excluding carboxylic acids is 2. The number of halogens is 2. The summed E-state index contributed by atoms with van der Waals surface area (Å²) in [6.07, 6.45) is 0.426. The summed E-state index contributed by atoms with van der Waals surface area (Å²) < 4.78 is 25.9. The molecule has 0 aromatic heterocycles. The van der Waals surface area contributed by atoms with Gasteiger partial charge < -0.3 is 16.0 Å². The van der Waals surface area contributed by atoms with Gasteiger partial charge in [0.25, 0.3) is 5.91 Å². The Balaban J connectivity index is 2.53. The summed E-state index contributed by atoms with van der Waals surface area (Å²) in [7, 11) is 1.89. The molecule has 2 amide bonds. The molecular weight excluding hydrogens is 270 g/mol. The molecule has 0 aromatic rings. The number of hydrogen-bond acceptors (Lipinski definition) is 4. The maximum Gasteiger partial charge on any atom is 0.325 e. The minimum Gasteiger partial charge on any atom is -0.364 e. The predicted octanol–water partition coefficient (Wildman–Crippen LogP) is -0.194. The molecule has 1 rings (SSSR count). The zero-order valence-electron chi connectivity index (χ0n) is 11.2. The lowest BCUT2D eigenvalue weighted by atomic mass is 9.89. The van der Waals surface area contributed by atoms with Crippen LogP contribution in [-0.2, 0) is 9.59 Å². The molecule has 111 valence electrons. The average Bonchev–Trinajstić information content (AvgIpc) is 2.39. The van der Waals surface area contributed by atoms with Crippen LogP contribution in [-0.4, -0.2) is 48.3 Å². The van der Waals surface area contributed by atoms with E-state index in [1.165, 1.54) is 0 Å². The number of piperidine rings is 1. The standard InChI is InChI=1S/C12H17F2N4O2/c1-18-6-4-11(8-15,5-7-18)17-9(19)2-3-12(13,14)10(16)20/h2H,3-7H2,1H3,(H2,16,20)(H,17,19). The summed E-state index contributed by atoms with van der Waals surface area (Å²) in [6, 6.07) is 2.03.